The van der Waals surface area contributed by atoms with Crippen LogP contribution >= 0.6 is 0 Å². The Morgan fingerprint density at radius 3 is 2.88 bits per heavy atom. The van der Waals surface area contributed by atoms with Crippen molar-refractivity contribution in [2.45, 2.75) is 63.5 Å². The Hall–Kier alpha value is -3.43. The van der Waals surface area contributed by atoms with Crippen molar-refractivity contribution < 1.29 is 14.3 Å². The highest BCUT2D eigenvalue weighted by Crippen LogP contribution is 2.32. The van der Waals surface area contributed by atoms with Crippen LogP contribution in [0.3, 0.4) is 0 Å². The van der Waals surface area contributed by atoms with Gasteiger partial charge in [0.15, 0.2) is 5.82 Å². The highest BCUT2D eigenvalue weighted by Gasteiger charge is 2.34. The lowest BCUT2D eigenvalue weighted by Gasteiger charge is -2.23. The van der Waals surface area contributed by atoms with Gasteiger partial charge in [-0.3, -0.25) is 9.59 Å². The van der Waals surface area contributed by atoms with Gasteiger partial charge in [-0.05, 0) is 43.5 Å². The molecule has 0 aliphatic heterocycles. The number of tetrazole rings is 1. The van der Waals surface area contributed by atoms with Crippen LogP contribution in [-0.2, 0) is 11.8 Å². The maximum absolute atomic E-state index is 13.2. The van der Waals surface area contributed by atoms with Crippen LogP contribution < -0.4 is 15.4 Å². The molecule has 2 amide bonds. The number of rotatable bonds is 9. The van der Waals surface area contributed by atoms with E-state index in [9.17, 15) is 9.59 Å². The molecule has 0 radical (unpaired) electrons. The van der Waals surface area contributed by atoms with Gasteiger partial charge in [0.05, 0.1) is 7.11 Å². The molecule has 33 heavy (non-hydrogen) atoms. The third-order valence-corrected chi connectivity index (χ3v) is 6.49. The predicted molar refractivity (Wildman–Crippen MR) is 123 cm³/mol. The molecule has 3 atom stereocenters. The summed E-state index contributed by atoms with van der Waals surface area (Å²) < 4.78 is 7.13. The fraction of sp³-hybridized carbons (Fsp3) is 0.522. The van der Waals surface area contributed by atoms with Crippen LogP contribution in [0.4, 0.5) is 0 Å². The van der Waals surface area contributed by atoms with E-state index in [-0.39, 0.29) is 23.8 Å². The zero-order chi connectivity index (χ0) is 23.4. The molecule has 1 aromatic carbocycles. The summed E-state index contributed by atoms with van der Waals surface area (Å²) in [6.07, 6.45) is 5.08. The molecule has 0 spiro atoms. The summed E-state index contributed by atoms with van der Waals surface area (Å²) in [6, 6.07) is 6.82. The molecular formula is C23H31N7O3. The van der Waals surface area contributed by atoms with E-state index in [1.165, 1.54) is 0 Å². The second-order valence-corrected chi connectivity index (χ2v) is 8.60. The van der Waals surface area contributed by atoms with Gasteiger partial charge in [0, 0.05) is 29.9 Å². The number of nitrogens with one attached hydrogen (secondary N) is 3. The van der Waals surface area contributed by atoms with E-state index in [0.717, 1.165) is 48.8 Å². The van der Waals surface area contributed by atoms with E-state index in [4.69, 9.17) is 4.74 Å². The lowest BCUT2D eigenvalue weighted by molar-refractivity contribution is -0.124. The van der Waals surface area contributed by atoms with Gasteiger partial charge in [-0.15, -0.1) is 10.2 Å². The largest absolute Gasteiger partial charge is 0.497 e. The fourth-order valence-electron chi connectivity index (χ4n) is 4.63. The maximum atomic E-state index is 13.2. The van der Waals surface area contributed by atoms with Gasteiger partial charge in [-0.25, -0.2) is 0 Å². The van der Waals surface area contributed by atoms with Crippen LogP contribution in [0.2, 0.25) is 0 Å². The first-order chi connectivity index (χ1) is 16.0. The number of nitrogens with zero attached hydrogens (tertiary/aromatic N) is 4. The molecular weight excluding hydrogens is 422 g/mol. The van der Waals surface area contributed by atoms with E-state index >= 15 is 0 Å². The van der Waals surface area contributed by atoms with Gasteiger partial charge in [-0.2, -0.15) is 5.21 Å². The van der Waals surface area contributed by atoms with Crippen molar-refractivity contribution in [1.82, 2.24) is 35.8 Å². The van der Waals surface area contributed by atoms with E-state index in [1.807, 2.05) is 35.9 Å². The summed E-state index contributed by atoms with van der Waals surface area (Å²) in [7, 11) is 3.46. The van der Waals surface area contributed by atoms with E-state index < -0.39 is 6.04 Å². The number of hydrogen-bond acceptors (Lipinski definition) is 6. The number of H-pyrrole nitrogens is 1. The molecule has 2 heterocycles. The Labute approximate surface area is 192 Å². The summed E-state index contributed by atoms with van der Waals surface area (Å²) in [6.45, 7) is 2.07. The SMILES string of the molecule is CCCC[C@H](NC(=O)c1cc2cc(OC)ccc2n1C)C(=O)N[C@H]1CCC[C@H]1c1nn[nH]n1. The Kier molecular flexibility index (Phi) is 6.90. The fourth-order valence-corrected chi connectivity index (χ4v) is 4.63. The standard InChI is InChI=1S/C23H31N7O3/c1-4-5-8-18(22(31)24-17-9-6-7-16(17)21-26-28-29-27-21)25-23(32)20-13-14-12-15(33-3)10-11-19(14)30(20)2/h10-13,16-18H,4-9H2,1-3H3,(H,24,31)(H,25,32)(H,26,27,28,29)/t16-,17+,18+/m1/s1. The van der Waals surface area contributed by atoms with Crippen molar-refractivity contribution >= 4 is 22.7 Å². The lowest BCUT2D eigenvalue weighted by Crippen LogP contribution is -2.50. The van der Waals surface area contributed by atoms with E-state index in [0.29, 0.717) is 17.9 Å². The first-order valence-corrected chi connectivity index (χ1v) is 11.5. The highest BCUT2D eigenvalue weighted by molar-refractivity contribution is 6.01. The van der Waals surface area contributed by atoms with Gasteiger partial charge >= 0.3 is 0 Å². The third kappa shape index (κ3) is 4.84. The second-order valence-electron chi connectivity index (χ2n) is 8.60. The van der Waals surface area contributed by atoms with Crippen LogP contribution in [0.5, 0.6) is 5.75 Å². The molecule has 2 aromatic heterocycles. The molecule has 10 heteroatoms. The molecule has 176 valence electrons. The van der Waals surface area contributed by atoms with Crippen molar-refractivity contribution in [2.75, 3.05) is 7.11 Å². The topological polar surface area (TPSA) is 127 Å². The number of aryl methyl sites for hydroxylation is 1. The number of amides is 2. The van der Waals surface area contributed by atoms with Crippen LogP contribution in [0.15, 0.2) is 24.3 Å². The minimum Gasteiger partial charge on any atom is -0.497 e. The summed E-state index contributed by atoms with van der Waals surface area (Å²) >= 11 is 0. The number of aromatic nitrogens is 5. The summed E-state index contributed by atoms with van der Waals surface area (Å²) in [5.74, 6) is 0.942. The minimum absolute atomic E-state index is 0.0309. The zero-order valence-electron chi connectivity index (χ0n) is 19.3. The van der Waals surface area contributed by atoms with Crippen molar-refractivity contribution in [3.63, 3.8) is 0 Å². The number of methoxy groups -OCH3 is 1. The van der Waals surface area contributed by atoms with Gasteiger partial charge in [0.1, 0.15) is 17.5 Å². The molecule has 0 unspecified atom stereocenters. The van der Waals surface area contributed by atoms with Crippen LogP contribution in [0.25, 0.3) is 10.9 Å². The molecule has 1 saturated carbocycles. The number of unbranched alkanes of at least 4 members (excludes halogenated alkanes) is 1. The van der Waals surface area contributed by atoms with Crippen molar-refractivity contribution in [1.29, 1.82) is 0 Å². The van der Waals surface area contributed by atoms with Crippen molar-refractivity contribution in [3.8, 4) is 5.75 Å². The Morgan fingerprint density at radius 1 is 1.30 bits per heavy atom. The second kappa shape index (κ2) is 10.0. The predicted octanol–water partition coefficient (Wildman–Crippen LogP) is 2.44. The highest BCUT2D eigenvalue weighted by atomic mass is 16.5. The third-order valence-electron chi connectivity index (χ3n) is 6.49. The first kappa shape index (κ1) is 22.8. The molecule has 10 nitrogen and oxygen atoms in total. The zero-order valence-corrected chi connectivity index (χ0v) is 19.3. The normalized spacial score (nSPS) is 18.9. The summed E-state index contributed by atoms with van der Waals surface area (Å²) in [5, 5.41) is 21.4. The number of aromatic amines is 1. The van der Waals surface area contributed by atoms with Crippen LogP contribution in [-0.4, -0.2) is 56.2 Å². The monoisotopic (exact) mass is 453 g/mol. The molecule has 1 aliphatic rings. The number of carbonyl (C=O) groups excluding carboxylic acids is 2. The number of fused-ring (bicyclic) bond motifs is 1. The molecule has 0 saturated heterocycles. The van der Waals surface area contributed by atoms with Crippen molar-refractivity contribution in [3.05, 3.63) is 35.8 Å². The molecule has 1 fully saturated rings. The first-order valence-electron chi connectivity index (χ1n) is 11.5. The molecule has 1 aliphatic carbocycles. The molecule has 0 bridgehead atoms. The van der Waals surface area contributed by atoms with Gasteiger partial charge in [0.2, 0.25) is 5.91 Å². The van der Waals surface area contributed by atoms with E-state index in [2.05, 4.69) is 38.2 Å². The van der Waals surface area contributed by atoms with Crippen LogP contribution in [0, 0.1) is 0 Å². The quantitative estimate of drug-likeness (QED) is 0.457. The van der Waals surface area contributed by atoms with Crippen LogP contribution in [0.1, 0.15) is 67.7 Å². The molecule has 3 N–H and O–H groups in total. The Bertz CT molecular complexity index is 1110. The van der Waals surface area contributed by atoms with Gasteiger partial charge in [0.25, 0.3) is 5.91 Å². The number of hydrogen-bond donors (Lipinski definition) is 3. The molecule has 3 aromatic rings. The van der Waals surface area contributed by atoms with Gasteiger partial charge in [-0.1, -0.05) is 31.4 Å². The minimum atomic E-state index is -0.614. The number of ether oxygens (including phenoxy) is 1. The Morgan fingerprint density at radius 2 is 2.15 bits per heavy atom. The van der Waals surface area contributed by atoms with E-state index in [1.54, 1.807) is 7.11 Å². The summed E-state index contributed by atoms with van der Waals surface area (Å²) in [5.41, 5.74) is 1.42. The Balaban J connectivity index is 1.49. The summed E-state index contributed by atoms with van der Waals surface area (Å²) in [4.78, 5) is 26.4. The maximum Gasteiger partial charge on any atom is 0.268 e. The smallest absolute Gasteiger partial charge is 0.268 e. The van der Waals surface area contributed by atoms with Gasteiger partial charge < -0.3 is 19.9 Å². The molecule has 4 rings (SSSR count). The average molecular weight is 454 g/mol. The number of carbonyl (C=O) groups is 2. The van der Waals surface area contributed by atoms with Crippen molar-refractivity contribution in [2.24, 2.45) is 7.05 Å². The average Bonchev–Trinajstić information content (AvgIpc) is 3.56. The number of benzene rings is 1. The lowest BCUT2D eigenvalue weighted by atomic mass is 10.0.